The highest BCUT2D eigenvalue weighted by Gasteiger charge is 2.24. The molecule has 0 unspecified atom stereocenters. The number of carbonyl (C=O) groups is 1. The maximum absolute atomic E-state index is 12.6. The number of carbonyl (C=O) groups excluding carboxylic acids is 1. The fourth-order valence-corrected chi connectivity index (χ4v) is 3.44. The average Bonchev–Trinajstić information content (AvgIpc) is 2.94. The van der Waals surface area contributed by atoms with Crippen LogP contribution in [0.3, 0.4) is 0 Å². The van der Waals surface area contributed by atoms with Crippen molar-refractivity contribution in [2.75, 3.05) is 27.3 Å². The number of benzene rings is 1. The van der Waals surface area contributed by atoms with Crippen LogP contribution in [0.15, 0.2) is 23.1 Å². The van der Waals surface area contributed by atoms with Gasteiger partial charge in [0.15, 0.2) is 0 Å². The van der Waals surface area contributed by atoms with Crippen LogP contribution < -0.4 is 5.32 Å². The topological polar surface area (TPSA) is 106 Å². The smallest absolute Gasteiger partial charge is 0.243 e. The second-order valence-corrected chi connectivity index (χ2v) is 7.98. The molecule has 0 spiro atoms. The van der Waals surface area contributed by atoms with Crippen molar-refractivity contribution >= 4 is 27.0 Å². The second-order valence-electron chi connectivity index (χ2n) is 5.94. The molecule has 10 heteroatoms. The molecular weight excluding hydrogens is 346 g/mol. The molecule has 0 radical (unpaired) electrons. The van der Waals surface area contributed by atoms with Crippen molar-refractivity contribution in [1.29, 1.82) is 0 Å². The number of fused-ring (bicyclic) bond motifs is 1. The van der Waals surface area contributed by atoms with Crippen LogP contribution in [0.1, 0.15) is 13.8 Å². The zero-order valence-electron chi connectivity index (χ0n) is 14.8. The van der Waals surface area contributed by atoms with Crippen molar-refractivity contribution in [2.45, 2.75) is 31.3 Å². The highest BCUT2D eigenvalue weighted by Crippen LogP contribution is 2.19. The molecule has 0 atom stereocenters. The van der Waals surface area contributed by atoms with E-state index in [2.05, 4.69) is 15.6 Å². The Hall–Kier alpha value is -2.04. The number of amides is 1. The van der Waals surface area contributed by atoms with Gasteiger partial charge in [0.25, 0.3) is 0 Å². The highest BCUT2D eigenvalue weighted by atomic mass is 32.2. The maximum atomic E-state index is 12.6. The molecular formula is C15H23N5O4S. The van der Waals surface area contributed by atoms with Gasteiger partial charge < -0.3 is 10.1 Å². The Balaban J connectivity index is 2.22. The van der Waals surface area contributed by atoms with E-state index in [1.165, 1.54) is 19.2 Å². The Kier molecular flexibility index (Phi) is 6.09. The van der Waals surface area contributed by atoms with Crippen molar-refractivity contribution in [3.8, 4) is 0 Å². The van der Waals surface area contributed by atoms with Crippen LogP contribution in [0.5, 0.6) is 0 Å². The standard InChI is InChI=1S/C15H23N5O4S/c1-11(2)16-15(21)10-19(3)25(22,23)12-5-6-14-13(9-12)17-18-20(14)7-8-24-4/h5-6,9,11H,7-8,10H2,1-4H3,(H,16,21). The highest BCUT2D eigenvalue weighted by molar-refractivity contribution is 7.89. The Morgan fingerprint density at radius 2 is 2.12 bits per heavy atom. The van der Waals surface area contributed by atoms with Gasteiger partial charge in [-0.3, -0.25) is 4.79 Å². The third-order valence-electron chi connectivity index (χ3n) is 3.52. The zero-order valence-corrected chi connectivity index (χ0v) is 15.6. The van der Waals surface area contributed by atoms with Crippen LogP contribution in [-0.2, 0) is 26.1 Å². The summed E-state index contributed by atoms with van der Waals surface area (Å²) in [7, 11) is -0.836. The van der Waals surface area contributed by atoms with Crippen molar-refractivity contribution in [3.63, 3.8) is 0 Å². The maximum Gasteiger partial charge on any atom is 0.243 e. The van der Waals surface area contributed by atoms with E-state index in [0.29, 0.717) is 18.7 Å². The Bertz CT molecular complexity index is 847. The number of aromatic nitrogens is 3. The van der Waals surface area contributed by atoms with Gasteiger partial charge >= 0.3 is 0 Å². The minimum atomic E-state index is -3.80. The van der Waals surface area contributed by atoms with E-state index in [1.807, 2.05) is 13.8 Å². The lowest BCUT2D eigenvalue weighted by Crippen LogP contribution is -2.40. The summed E-state index contributed by atoms with van der Waals surface area (Å²) in [5.41, 5.74) is 1.19. The van der Waals surface area contributed by atoms with E-state index >= 15 is 0 Å². The van der Waals surface area contributed by atoms with Gasteiger partial charge in [0, 0.05) is 20.2 Å². The number of likely N-dealkylation sites (N-methyl/N-ethyl adjacent to an activating group) is 1. The van der Waals surface area contributed by atoms with Crippen molar-refractivity contribution in [1.82, 2.24) is 24.6 Å². The van der Waals surface area contributed by atoms with E-state index in [9.17, 15) is 13.2 Å². The first-order valence-electron chi connectivity index (χ1n) is 7.83. The molecule has 2 rings (SSSR count). The van der Waals surface area contributed by atoms with E-state index in [0.717, 1.165) is 9.82 Å². The van der Waals surface area contributed by atoms with Gasteiger partial charge in [-0.25, -0.2) is 13.1 Å². The third-order valence-corrected chi connectivity index (χ3v) is 5.32. The van der Waals surface area contributed by atoms with Crippen molar-refractivity contribution < 1.29 is 17.9 Å². The Morgan fingerprint density at radius 1 is 1.40 bits per heavy atom. The van der Waals surface area contributed by atoms with Gasteiger partial charge in [0.2, 0.25) is 15.9 Å². The van der Waals surface area contributed by atoms with Crippen LogP contribution in [0.25, 0.3) is 11.0 Å². The normalized spacial score (nSPS) is 12.2. The first-order chi connectivity index (χ1) is 11.8. The molecule has 1 aromatic heterocycles. The number of rotatable bonds is 8. The van der Waals surface area contributed by atoms with E-state index in [-0.39, 0.29) is 23.4 Å². The number of hydrogen-bond donors (Lipinski definition) is 1. The minimum Gasteiger partial charge on any atom is -0.383 e. The molecule has 1 N–H and O–H groups in total. The number of sulfonamides is 1. The zero-order chi connectivity index (χ0) is 18.6. The fraction of sp³-hybridized carbons (Fsp3) is 0.533. The number of nitrogens with one attached hydrogen (secondary N) is 1. The monoisotopic (exact) mass is 369 g/mol. The third kappa shape index (κ3) is 4.53. The van der Waals surface area contributed by atoms with Crippen LogP contribution in [0, 0.1) is 0 Å². The molecule has 138 valence electrons. The molecule has 1 heterocycles. The molecule has 0 bridgehead atoms. The van der Waals surface area contributed by atoms with Crippen LogP contribution >= 0.6 is 0 Å². The summed E-state index contributed by atoms with van der Waals surface area (Å²) in [6, 6.07) is 4.54. The summed E-state index contributed by atoms with van der Waals surface area (Å²) in [5, 5.41) is 10.7. The minimum absolute atomic E-state index is 0.0536. The Morgan fingerprint density at radius 3 is 2.76 bits per heavy atom. The molecule has 0 aliphatic rings. The van der Waals surface area contributed by atoms with Gasteiger partial charge in [0.05, 0.1) is 30.1 Å². The molecule has 9 nitrogen and oxygen atoms in total. The molecule has 1 aromatic carbocycles. The van der Waals surface area contributed by atoms with Gasteiger partial charge in [0.1, 0.15) is 5.52 Å². The molecule has 0 aliphatic carbocycles. The van der Waals surface area contributed by atoms with Crippen LogP contribution in [0.4, 0.5) is 0 Å². The number of nitrogens with zero attached hydrogens (tertiary/aromatic N) is 4. The van der Waals surface area contributed by atoms with Crippen LogP contribution in [-0.4, -0.2) is 67.0 Å². The lowest BCUT2D eigenvalue weighted by molar-refractivity contribution is -0.121. The van der Waals surface area contributed by atoms with E-state index in [1.54, 1.807) is 17.9 Å². The van der Waals surface area contributed by atoms with Crippen LogP contribution in [0.2, 0.25) is 0 Å². The second kappa shape index (κ2) is 7.89. The fourth-order valence-electron chi connectivity index (χ4n) is 2.29. The molecule has 0 saturated heterocycles. The van der Waals surface area contributed by atoms with Crippen molar-refractivity contribution in [2.24, 2.45) is 0 Å². The van der Waals surface area contributed by atoms with Gasteiger partial charge in [-0.1, -0.05) is 5.21 Å². The first-order valence-corrected chi connectivity index (χ1v) is 9.27. The van der Waals surface area contributed by atoms with Crippen molar-refractivity contribution in [3.05, 3.63) is 18.2 Å². The summed E-state index contributed by atoms with van der Waals surface area (Å²) in [5.74, 6) is -0.354. The largest absolute Gasteiger partial charge is 0.383 e. The molecule has 0 fully saturated rings. The lowest BCUT2D eigenvalue weighted by Gasteiger charge is -2.17. The number of methoxy groups -OCH3 is 1. The first kappa shape index (κ1) is 19.3. The number of ether oxygens (including phenoxy) is 1. The predicted octanol–water partition coefficient (Wildman–Crippen LogP) is 0.223. The molecule has 0 aliphatic heterocycles. The summed E-state index contributed by atoms with van der Waals surface area (Å²) >= 11 is 0. The summed E-state index contributed by atoms with van der Waals surface area (Å²) < 4.78 is 33.0. The lowest BCUT2D eigenvalue weighted by atomic mass is 10.3. The molecule has 25 heavy (non-hydrogen) atoms. The quantitative estimate of drug-likeness (QED) is 0.714. The molecule has 0 saturated carbocycles. The summed E-state index contributed by atoms with van der Waals surface area (Å²) in [6.07, 6.45) is 0. The predicted molar refractivity (Wildman–Crippen MR) is 92.5 cm³/mol. The summed E-state index contributed by atoms with van der Waals surface area (Å²) in [6.45, 7) is 4.38. The molecule has 1 amide bonds. The van der Waals surface area contributed by atoms with Gasteiger partial charge in [-0.15, -0.1) is 5.10 Å². The SMILES string of the molecule is COCCn1nnc2cc(S(=O)(=O)N(C)CC(=O)NC(C)C)ccc21. The van der Waals surface area contributed by atoms with E-state index in [4.69, 9.17) is 4.74 Å². The molecule has 2 aromatic rings. The van der Waals surface area contributed by atoms with Gasteiger partial charge in [-0.2, -0.15) is 4.31 Å². The summed E-state index contributed by atoms with van der Waals surface area (Å²) in [4.78, 5) is 11.9. The van der Waals surface area contributed by atoms with E-state index < -0.39 is 10.0 Å². The average molecular weight is 369 g/mol. The number of hydrogen-bond acceptors (Lipinski definition) is 6. The van der Waals surface area contributed by atoms with Gasteiger partial charge in [-0.05, 0) is 32.0 Å². The Labute approximate surface area is 147 Å².